The fraction of sp³-hybridized carbons (Fsp3) is 0.500. The fourth-order valence-corrected chi connectivity index (χ4v) is 1.38. The van der Waals surface area contributed by atoms with Gasteiger partial charge in [-0.15, -0.1) is 0 Å². The summed E-state index contributed by atoms with van der Waals surface area (Å²) in [5.41, 5.74) is 2.30. The van der Waals surface area contributed by atoms with Crippen molar-refractivity contribution in [3.8, 4) is 0 Å². The minimum atomic E-state index is 0.149. The van der Waals surface area contributed by atoms with Crippen LogP contribution in [0.3, 0.4) is 0 Å². The SMILES string of the molecule is COC(C)C1=CCC=C(/C=N/O)C1. The van der Waals surface area contributed by atoms with Gasteiger partial charge in [0.25, 0.3) is 0 Å². The van der Waals surface area contributed by atoms with Crippen molar-refractivity contribution in [1.29, 1.82) is 0 Å². The van der Waals surface area contributed by atoms with E-state index in [0.717, 1.165) is 18.4 Å². The molecule has 1 rings (SSSR count). The summed E-state index contributed by atoms with van der Waals surface area (Å²) in [6.07, 6.45) is 7.55. The van der Waals surface area contributed by atoms with Crippen molar-refractivity contribution in [2.45, 2.75) is 25.9 Å². The van der Waals surface area contributed by atoms with Crippen LogP contribution in [-0.2, 0) is 4.74 Å². The first-order valence-electron chi connectivity index (χ1n) is 4.36. The van der Waals surface area contributed by atoms with Gasteiger partial charge in [-0.05, 0) is 30.9 Å². The number of allylic oxidation sites excluding steroid dienone is 3. The van der Waals surface area contributed by atoms with E-state index in [9.17, 15) is 0 Å². The third-order valence-electron chi connectivity index (χ3n) is 2.27. The second kappa shape index (κ2) is 4.82. The quantitative estimate of drug-likeness (QED) is 0.313. The number of nitrogens with zero attached hydrogens (tertiary/aromatic N) is 1. The van der Waals surface area contributed by atoms with E-state index in [1.165, 1.54) is 11.8 Å². The average Bonchev–Trinajstić information content (AvgIpc) is 2.18. The van der Waals surface area contributed by atoms with Crippen molar-refractivity contribution in [3.63, 3.8) is 0 Å². The lowest BCUT2D eigenvalue weighted by Crippen LogP contribution is -2.11. The van der Waals surface area contributed by atoms with Crippen LogP contribution in [0.4, 0.5) is 0 Å². The van der Waals surface area contributed by atoms with Gasteiger partial charge in [-0.2, -0.15) is 0 Å². The van der Waals surface area contributed by atoms with Crippen LogP contribution in [0.25, 0.3) is 0 Å². The maximum Gasteiger partial charge on any atom is 0.0756 e. The maximum atomic E-state index is 8.38. The van der Waals surface area contributed by atoms with Crippen molar-refractivity contribution in [2.24, 2.45) is 5.16 Å². The standard InChI is InChI=1S/C10H15NO2/c1-8(13-2)10-5-3-4-9(6-10)7-11-12/h4-5,7-8,12H,3,6H2,1-2H3/b11-7+. The Bertz CT molecular complexity index is 254. The van der Waals surface area contributed by atoms with Crippen LogP contribution in [0, 0.1) is 0 Å². The maximum absolute atomic E-state index is 8.38. The van der Waals surface area contributed by atoms with Crippen LogP contribution in [0.5, 0.6) is 0 Å². The molecule has 3 nitrogen and oxygen atoms in total. The fourth-order valence-electron chi connectivity index (χ4n) is 1.38. The largest absolute Gasteiger partial charge is 0.411 e. The predicted octanol–water partition coefficient (Wildman–Crippen LogP) is 2.13. The molecule has 0 aromatic carbocycles. The minimum absolute atomic E-state index is 0.149. The molecule has 0 amide bonds. The summed E-state index contributed by atoms with van der Waals surface area (Å²) in [5.74, 6) is 0. The average molecular weight is 181 g/mol. The molecule has 0 saturated carbocycles. The lowest BCUT2D eigenvalue weighted by molar-refractivity contribution is 0.144. The molecule has 0 heterocycles. The summed E-state index contributed by atoms with van der Waals surface area (Å²) < 4.78 is 5.21. The Labute approximate surface area is 78.4 Å². The van der Waals surface area contributed by atoms with Crippen LogP contribution in [-0.4, -0.2) is 24.6 Å². The Hall–Kier alpha value is -1.09. The van der Waals surface area contributed by atoms with Gasteiger partial charge < -0.3 is 9.94 Å². The highest BCUT2D eigenvalue weighted by Gasteiger charge is 2.11. The molecule has 1 N–H and O–H groups in total. The molecule has 0 aromatic rings. The van der Waals surface area contributed by atoms with Crippen molar-refractivity contribution >= 4 is 6.21 Å². The van der Waals surface area contributed by atoms with Crippen molar-refractivity contribution in [2.75, 3.05) is 7.11 Å². The van der Waals surface area contributed by atoms with Crippen molar-refractivity contribution < 1.29 is 9.94 Å². The summed E-state index contributed by atoms with van der Waals surface area (Å²) in [5, 5.41) is 11.4. The molecule has 1 atom stereocenters. The molecule has 0 saturated heterocycles. The minimum Gasteiger partial charge on any atom is -0.411 e. The van der Waals surface area contributed by atoms with Gasteiger partial charge in [0, 0.05) is 7.11 Å². The third kappa shape index (κ3) is 2.70. The number of hydrogen-bond acceptors (Lipinski definition) is 3. The van der Waals surface area contributed by atoms with Gasteiger partial charge in [-0.25, -0.2) is 0 Å². The molecule has 3 heteroatoms. The third-order valence-corrected chi connectivity index (χ3v) is 2.27. The predicted molar refractivity (Wildman–Crippen MR) is 52.1 cm³/mol. The van der Waals surface area contributed by atoms with Crippen LogP contribution < -0.4 is 0 Å². The Morgan fingerprint density at radius 3 is 3.00 bits per heavy atom. The molecule has 1 aliphatic rings. The van der Waals surface area contributed by atoms with Crippen LogP contribution in [0.2, 0.25) is 0 Å². The summed E-state index contributed by atoms with van der Waals surface area (Å²) >= 11 is 0. The molecule has 13 heavy (non-hydrogen) atoms. The highest BCUT2D eigenvalue weighted by Crippen LogP contribution is 2.21. The Morgan fingerprint density at radius 1 is 1.62 bits per heavy atom. The lowest BCUT2D eigenvalue weighted by atomic mass is 9.95. The van der Waals surface area contributed by atoms with Gasteiger partial charge in [0.1, 0.15) is 0 Å². The Kier molecular flexibility index (Phi) is 3.71. The molecular formula is C10H15NO2. The van der Waals surface area contributed by atoms with Gasteiger partial charge >= 0.3 is 0 Å². The van der Waals surface area contributed by atoms with E-state index in [4.69, 9.17) is 9.94 Å². The second-order valence-corrected chi connectivity index (χ2v) is 3.09. The first-order valence-corrected chi connectivity index (χ1v) is 4.36. The number of hydrogen-bond donors (Lipinski definition) is 1. The number of methoxy groups -OCH3 is 1. The Balaban J connectivity index is 2.59. The van der Waals surface area contributed by atoms with Gasteiger partial charge in [-0.1, -0.05) is 17.3 Å². The highest BCUT2D eigenvalue weighted by molar-refractivity contribution is 5.79. The van der Waals surface area contributed by atoms with Crippen LogP contribution in [0.15, 0.2) is 28.5 Å². The molecule has 0 fully saturated rings. The zero-order chi connectivity index (χ0) is 9.68. The molecule has 1 aliphatic carbocycles. The van der Waals surface area contributed by atoms with Crippen LogP contribution in [0.1, 0.15) is 19.8 Å². The molecule has 0 radical (unpaired) electrons. The zero-order valence-electron chi connectivity index (χ0n) is 8.03. The second-order valence-electron chi connectivity index (χ2n) is 3.09. The lowest BCUT2D eigenvalue weighted by Gasteiger charge is -2.17. The van der Waals surface area contributed by atoms with Gasteiger partial charge in [-0.3, -0.25) is 0 Å². The molecule has 0 aromatic heterocycles. The number of oxime groups is 1. The summed E-state index contributed by atoms with van der Waals surface area (Å²) in [6.45, 7) is 2.02. The number of ether oxygens (including phenoxy) is 1. The van der Waals surface area contributed by atoms with E-state index in [1.807, 2.05) is 13.0 Å². The topological polar surface area (TPSA) is 41.8 Å². The molecule has 0 spiro atoms. The monoisotopic (exact) mass is 181 g/mol. The van der Waals surface area contributed by atoms with Gasteiger partial charge in [0.15, 0.2) is 0 Å². The van der Waals surface area contributed by atoms with Gasteiger partial charge in [0.2, 0.25) is 0 Å². The summed E-state index contributed by atoms with van der Waals surface area (Å²) in [7, 11) is 1.70. The van der Waals surface area contributed by atoms with E-state index in [2.05, 4.69) is 11.2 Å². The molecule has 0 aliphatic heterocycles. The Morgan fingerprint density at radius 2 is 2.38 bits per heavy atom. The highest BCUT2D eigenvalue weighted by atomic mass is 16.5. The molecule has 1 unspecified atom stereocenters. The first kappa shape index (κ1) is 9.99. The zero-order valence-corrected chi connectivity index (χ0v) is 8.03. The summed E-state index contributed by atoms with van der Waals surface area (Å²) in [6, 6.07) is 0. The van der Waals surface area contributed by atoms with E-state index in [-0.39, 0.29) is 6.10 Å². The van der Waals surface area contributed by atoms with E-state index in [1.54, 1.807) is 7.11 Å². The number of rotatable bonds is 3. The summed E-state index contributed by atoms with van der Waals surface area (Å²) in [4.78, 5) is 0. The van der Waals surface area contributed by atoms with Gasteiger partial charge in [0.05, 0.1) is 12.3 Å². The normalized spacial score (nSPS) is 19.8. The van der Waals surface area contributed by atoms with Crippen LogP contribution >= 0.6 is 0 Å². The first-order chi connectivity index (χ1) is 6.27. The van der Waals surface area contributed by atoms with Crippen molar-refractivity contribution in [1.82, 2.24) is 0 Å². The molecule has 72 valence electrons. The van der Waals surface area contributed by atoms with E-state index < -0.39 is 0 Å². The molecule has 0 bridgehead atoms. The van der Waals surface area contributed by atoms with E-state index >= 15 is 0 Å². The van der Waals surface area contributed by atoms with Crippen molar-refractivity contribution in [3.05, 3.63) is 23.3 Å². The smallest absolute Gasteiger partial charge is 0.0756 e. The van der Waals surface area contributed by atoms with E-state index in [0.29, 0.717) is 0 Å². The molecular weight excluding hydrogens is 166 g/mol.